The minimum Gasteiger partial charge on any atom is -0.481 e. The van der Waals surface area contributed by atoms with Crippen LogP contribution in [0.1, 0.15) is 21.6 Å². The maximum atomic E-state index is 13.4. The van der Waals surface area contributed by atoms with Crippen LogP contribution in [0.4, 0.5) is 0 Å². The summed E-state index contributed by atoms with van der Waals surface area (Å²) in [5, 5.41) is 9.47. The van der Waals surface area contributed by atoms with E-state index in [2.05, 4.69) is 0 Å². The molecule has 0 saturated carbocycles. The molecule has 0 unspecified atom stereocenters. The maximum Gasteiger partial charge on any atom is 0.307 e. The fourth-order valence-electron chi connectivity index (χ4n) is 3.47. The average molecular weight is 355 g/mol. The topological polar surface area (TPSA) is 58.8 Å². The molecule has 0 saturated heterocycles. The van der Waals surface area contributed by atoms with Gasteiger partial charge >= 0.3 is 5.97 Å². The van der Waals surface area contributed by atoms with Gasteiger partial charge in [-0.2, -0.15) is 0 Å². The predicted molar refractivity (Wildman–Crippen MR) is 104 cm³/mol. The monoisotopic (exact) mass is 355 g/mol. The van der Waals surface area contributed by atoms with Gasteiger partial charge in [0.25, 0.3) is 0 Å². The highest BCUT2D eigenvalue weighted by Crippen LogP contribution is 2.35. The molecule has 27 heavy (non-hydrogen) atoms. The normalized spacial score (nSPS) is 10.8. The van der Waals surface area contributed by atoms with Crippen molar-refractivity contribution >= 4 is 17.3 Å². The lowest BCUT2D eigenvalue weighted by Gasteiger charge is -2.08. The van der Waals surface area contributed by atoms with Gasteiger partial charge in [-0.05, 0) is 23.3 Å². The number of benzene rings is 2. The lowest BCUT2D eigenvalue weighted by atomic mass is 9.95. The molecule has 4 aromatic rings. The number of hydrogen-bond acceptors (Lipinski definition) is 2. The van der Waals surface area contributed by atoms with Crippen molar-refractivity contribution in [3.8, 4) is 11.1 Å². The van der Waals surface area contributed by atoms with Gasteiger partial charge in [0.15, 0.2) is 0 Å². The molecule has 0 aliphatic rings. The van der Waals surface area contributed by atoms with E-state index in [0.29, 0.717) is 22.4 Å². The number of aromatic nitrogens is 1. The number of ketones is 1. The molecule has 0 atom stereocenters. The zero-order valence-electron chi connectivity index (χ0n) is 14.5. The van der Waals surface area contributed by atoms with Crippen LogP contribution in [0, 0.1) is 0 Å². The van der Waals surface area contributed by atoms with Crippen molar-refractivity contribution in [2.75, 3.05) is 0 Å². The van der Waals surface area contributed by atoms with Gasteiger partial charge in [-0.3, -0.25) is 9.59 Å². The average Bonchev–Trinajstić information content (AvgIpc) is 3.02. The lowest BCUT2D eigenvalue weighted by Crippen LogP contribution is -2.07. The summed E-state index contributed by atoms with van der Waals surface area (Å²) in [6.07, 6.45) is 1.66. The smallest absolute Gasteiger partial charge is 0.307 e. The number of carboxylic acids is 1. The first kappa shape index (κ1) is 16.8. The van der Waals surface area contributed by atoms with E-state index in [1.807, 2.05) is 72.9 Å². The number of pyridine rings is 1. The second-order valence-corrected chi connectivity index (χ2v) is 6.29. The summed E-state index contributed by atoms with van der Waals surface area (Å²) >= 11 is 0. The maximum absolute atomic E-state index is 13.4. The molecule has 0 radical (unpaired) electrons. The number of carboxylic acid groups (broad SMARTS) is 1. The van der Waals surface area contributed by atoms with Gasteiger partial charge in [-0.15, -0.1) is 0 Å². The molecule has 132 valence electrons. The molecule has 4 nitrogen and oxygen atoms in total. The van der Waals surface area contributed by atoms with E-state index in [0.717, 1.165) is 11.1 Å². The molecule has 0 aliphatic heterocycles. The van der Waals surface area contributed by atoms with E-state index >= 15 is 0 Å². The third-order valence-corrected chi connectivity index (χ3v) is 4.59. The zero-order chi connectivity index (χ0) is 18.8. The Bertz CT molecular complexity index is 1130. The second kappa shape index (κ2) is 6.92. The number of nitrogens with zero attached hydrogens (tertiary/aromatic N) is 1. The van der Waals surface area contributed by atoms with Gasteiger partial charge in [0.1, 0.15) is 5.69 Å². The van der Waals surface area contributed by atoms with Crippen LogP contribution in [-0.4, -0.2) is 21.3 Å². The van der Waals surface area contributed by atoms with Gasteiger partial charge in [-0.25, -0.2) is 0 Å². The van der Waals surface area contributed by atoms with Crippen molar-refractivity contribution in [3.63, 3.8) is 0 Å². The fraction of sp³-hybridized carbons (Fsp3) is 0.0435. The van der Waals surface area contributed by atoms with Crippen LogP contribution in [0.2, 0.25) is 0 Å². The van der Waals surface area contributed by atoms with Crippen molar-refractivity contribution in [2.45, 2.75) is 6.42 Å². The van der Waals surface area contributed by atoms with E-state index in [9.17, 15) is 14.7 Å². The van der Waals surface area contributed by atoms with Crippen LogP contribution in [0.15, 0.2) is 85.1 Å². The minimum absolute atomic E-state index is 0.132. The van der Waals surface area contributed by atoms with Gasteiger partial charge in [0.2, 0.25) is 5.78 Å². The molecular formula is C23H17NO3. The SMILES string of the molecule is O=C(O)Cc1c(-c2ccccc2)c(C(=O)c2ccccc2)n2ccccc12. The summed E-state index contributed by atoms with van der Waals surface area (Å²) in [5.74, 6) is -1.06. The Labute approximate surface area is 156 Å². The highest BCUT2D eigenvalue weighted by Gasteiger charge is 2.25. The van der Waals surface area contributed by atoms with E-state index < -0.39 is 5.97 Å². The van der Waals surface area contributed by atoms with Crippen molar-refractivity contribution in [1.29, 1.82) is 0 Å². The molecule has 4 heteroatoms. The van der Waals surface area contributed by atoms with Crippen molar-refractivity contribution in [2.24, 2.45) is 0 Å². The van der Waals surface area contributed by atoms with Crippen molar-refractivity contribution in [3.05, 3.63) is 102 Å². The lowest BCUT2D eigenvalue weighted by molar-refractivity contribution is -0.136. The first-order valence-electron chi connectivity index (χ1n) is 8.65. The number of carbonyl (C=O) groups is 2. The molecule has 0 spiro atoms. The Balaban J connectivity index is 2.07. The third kappa shape index (κ3) is 3.02. The van der Waals surface area contributed by atoms with E-state index in [-0.39, 0.29) is 12.2 Å². The Morgan fingerprint density at radius 2 is 1.44 bits per heavy atom. The molecule has 2 aromatic carbocycles. The molecule has 2 heterocycles. The predicted octanol–water partition coefficient (Wildman–Crippen LogP) is 4.46. The fourth-order valence-corrected chi connectivity index (χ4v) is 3.47. The molecule has 4 rings (SSSR count). The van der Waals surface area contributed by atoms with Crippen LogP contribution < -0.4 is 0 Å². The van der Waals surface area contributed by atoms with Crippen LogP contribution in [0.3, 0.4) is 0 Å². The summed E-state index contributed by atoms with van der Waals surface area (Å²) < 4.78 is 1.80. The number of rotatable bonds is 5. The molecule has 1 N–H and O–H groups in total. The zero-order valence-corrected chi connectivity index (χ0v) is 14.5. The summed E-state index contributed by atoms with van der Waals surface area (Å²) in [7, 11) is 0. The van der Waals surface area contributed by atoms with Crippen LogP contribution in [0.25, 0.3) is 16.6 Å². The van der Waals surface area contributed by atoms with E-state index in [4.69, 9.17) is 0 Å². The quantitative estimate of drug-likeness (QED) is 0.538. The Hall–Kier alpha value is -3.66. The molecule has 0 amide bonds. The van der Waals surface area contributed by atoms with E-state index in [1.165, 1.54) is 0 Å². The molecular weight excluding hydrogens is 338 g/mol. The minimum atomic E-state index is -0.928. The summed E-state index contributed by atoms with van der Waals surface area (Å²) in [6, 6.07) is 24.1. The Morgan fingerprint density at radius 3 is 2.11 bits per heavy atom. The molecule has 0 bridgehead atoms. The van der Waals surface area contributed by atoms with Gasteiger partial charge in [-0.1, -0.05) is 66.7 Å². The van der Waals surface area contributed by atoms with E-state index in [1.54, 1.807) is 16.5 Å². The number of carbonyl (C=O) groups excluding carboxylic acids is 1. The first-order chi connectivity index (χ1) is 13.2. The van der Waals surface area contributed by atoms with Crippen molar-refractivity contribution < 1.29 is 14.7 Å². The highest BCUT2D eigenvalue weighted by molar-refractivity contribution is 6.14. The first-order valence-corrected chi connectivity index (χ1v) is 8.65. The molecule has 2 aromatic heterocycles. The largest absolute Gasteiger partial charge is 0.481 e. The van der Waals surface area contributed by atoms with Crippen LogP contribution in [-0.2, 0) is 11.2 Å². The molecule has 0 fully saturated rings. The van der Waals surface area contributed by atoms with Crippen LogP contribution in [0.5, 0.6) is 0 Å². The van der Waals surface area contributed by atoms with Gasteiger partial charge in [0, 0.05) is 17.3 Å². The molecule has 0 aliphatic carbocycles. The Morgan fingerprint density at radius 1 is 0.815 bits per heavy atom. The second-order valence-electron chi connectivity index (χ2n) is 6.29. The summed E-state index contributed by atoms with van der Waals surface area (Å²) in [6.45, 7) is 0. The van der Waals surface area contributed by atoms with Crippen LogP contribution >= 0.6 is 0 Å². The third-order valence-electron chi connectivity index (χ3n) is 4.59. The number of aliphatic carboxylic acids is 1. The number of hydrogen-bond donors (Lipinski definition) is 1. The van der Waals surface area contributed by atoms with Gasteiger partial charge in [0.05, 0.1) is 11.9 Å². The Kier molecular flexibility index (Phi) is 4.30. The highest BCUT2D eigenvalue weighted by atomic mass is 16.4. The van der Waals surface area contributed by atoms with Gasteiger partial charge < -0.3 is 9.51 Å². The number of fused-ring (bicyclic) bond motifs is 1. The van der Waals surface area contributed by atoms with Crippen molar-refractivity contribution in [1.82, 2.24) is 4.40 Å². The summed E-state index contributed by atoms with van der Waals surface area (Å²) in [4.78, 5) is 24.9. The summed E-state index contributed by atoms with van der Waals surface area (Å²) in [5.41, 5.74) is 3.94. The standard InChI is InChI=1S/C23H17NO3/c25-20(26)15-18-19-13-7-8-14-24(19)22(21(18)16-9-3-1-4-10-16)23(27)17-11-5-2-6-12-17/h1-14H,15H2,(H,25,26).